The van der Waals surface area contributed by atoms with Gasteiger partial charge in [0.1, 0.15) is 11.6 Å². The number of thiazole rings is 1. The molecule has 0 radical (unpaired) electrons. The third-order valence-electron chi connectivity index (χ3n) is 3.26. The zero-order chi connectivity index (χ0) is 15.7. The smallest absolute Gasteiger partial charge is 0.204 e. The molecule has 0 unspecified atom stereocenters. The summed E-state index contributed by atoms with van der Waals surface area (Å²) >= 11 is 1.44. The molecule has 3 rings (SSSR count). The summed E-state index contributed by atoms with van der Waals surface area (Å²) in [6, 6.07) is 9.65. The van der Waals surface area contributed by atoms with Crippen molar-refractivity contribution in [1.82, 2.24) is 4.98 Å². The Labute approximate surface area is 130 Å². The molecule has 0 bridgehead atoms. The van der Waals surface area contributed by atoms with Crippen molar-refractivity contribution < 1.29 is 8.78 Å². The first-order chi connectivity index (χ1) is 10.6. The van der Waals surface area contributed by atoms with Crippen molar-refractivity contribution in [2.75, 3.05) is 5.43 Å². The summed E-state index contributed by atoms with van der Waals surface area (Å²) in [6.07, 6.45) is 0. The van der Waals surface area contributed by atoms with Gasteiger partial charge < -0.3 is 0 Å². The molecule has 0 saturated heterocycles. The minimum absolute atomic E-state index is 0.132. The van der Waals surface area contributed by atoms with Crippen LogP contribution < -0.4 is 5.43 Å². The molecule has 1 heterocycles. The van der Waals surface area contributed by atoms with Gasteiger partial charge in [0, 0.05) is 0 Å². The number of halogens is 2. The second kappa shape index (κ2) is 5.81. The molecule has 0 spiro atoms. The second-order valence-electron chi connectivity index (χ2n) is 4.85. The zero-order valence-electron chi connectivity index (χ0n) is 12.0. The fourth-order valence-corrected chi connectivity index (χ4v) is 3.05. The fourth-order valence-electron chi connectivity index (χ4n) is 2.17. The van der Waals surface area contributed by atoms with E-state index in [0.717, 1.165) is 15.8 Å². The minimum atomic E-state index is -0.636. The quantitative estimate of drug-likeness (QED) is 0.560. The monoisotopic (exact) mass is 317 g/mol. The van der Waals surface area contributed by atoms with Gasteiger partial charge in [-0.15, -0.1) is 0 Å². The molecule has 3 aromatic rings. The topological polar surface area (TPSA) is 37.3 Å². The Morgan fingerprint density at radius 3 is 2.50 bits per heavy atom. The lowest BCUT2D eigenvalue weighted by atomic mass is 10.1. The van der Waals surface area contributed by atoms with Gasteiger partial charge in [-0.25, -0.2) is 13.8 Å². The highest BCUT2D eigenvalue weighted by molar-refractivity contribution is 7.22. The molecule has 6 heteroatoms. The number of rotatable bonds is 3. The van der Waals surface area contributed by atoms with Crippen molar-refractivity contribution in [3.05, 3.63) is 59.2 Å². The molecule has 0 aliphatic carbocycles. The van der Waals surface area contributed by atoms with E-state index in [2.05, 4.69) is 15.5 Å². The molecule has 0 amide bonds. The normalized spacial score (nSPS) is 11.9. The molecule has 0 fully saturated rings. The van der Waals surface area contributed by atoms with Gasteiger partial charge in [0.25, 0.3) is 0 Å². The number of benzene rings is 2. The summed E-state index contributed by atoms with van der Waals surface area (Å²) < 4.78 is 28.4. The van der Waals surface area contributed by atoms with E-state index in [1.54, 1.807) is 6.92 Å². The average molecular weight is 317 g/mol. The van der Waals surface area contributed by atoms with Crippen LogP contribution in [-0.2, 0) is 0 Å². The lowest BCUT2D eigenvalue weighted by Crippen LogP contribution is -2.05. The first-order valence-corrected chi connectivity index (χ1v) is 7.49. The van der Waals surface area contributed by atoms with Crippen LogP contribution in [0.15, 0.2) is 41.5 Å². The first-order valence-electron chi connectivity index (χ1n) is 6.67. The maximum Gasteiger partial charge on any atom is 0.204 e. The first kappa shape index (κ1) is 14.6. The standard InChI is InChI=1S/C16H13F2N3S/c1-9-5-3-8-13-15(9)19-16(22-13)21-20-10(2)14-11(17)6-4-7-12(14)18/h3-8H,1-2H3,(H,19,21)/b20-10+. The van der Waals surface area contributed by atoms with Crippen LogP contribution in [0.3, 0.4) is 0 Å². The number of anilines is 1. The van der Waals surface area contributed by atoms with E-state index in [-0.39, 0.29) is 11.3 Å². The highest BCUT2D eigenvalue weighted by Crippen LogP contribution is 2.28. The predicted molar refractivity (Wildman–Crippen MR) is 86.5 cm³/mol. The number of para-hydroxylation sites is 1. The Morgan fingerprint density at radius 2 is 1.82 bits per heavy atom. The van der Waals surface area contributed by atoms with Gasteiger partial charge >= 0.3 is 0 Å². The molecule has 0 aliphatic rings. The molecule has 112 valence electrons. The molecule has 2 aromatic carbocycles. The van der Waals surface area contributed by atoms with E-state index in [1.807, 2.05) is 25.1 Å². The van der Waals surface area contributed by atoms with Crippen molar-refractivity contribution in [2.45, 2.75) is 13.8 Å². The third kappa shape index (κ3) is 2.69. The second-order valence-corrected chi connectivity index (χ2v) is 5.88. The summed E-state index contributed by atoms with van der Waals surface area (Å²) in [5.41, 5.74) is 4.85. The predicted octanol–water partition coefficient (Wildman–Crippen LogP) is 4.72. The van der Waals surface area contributed by atoms with Crippen LogP contribution in [-0.4, -0.2) is 10.7 Å². The fraction of sp³-hybridized carbons (Fsp3) is 0.125. The number of hydrazone groups is 1. The Morgan fingerprint density at radius 1 is 1.14 bits per heavy atom. The number of nitrogens with one attached hydrogen (secondary N) is 1. The van der Waals surface area contributed by atoms with Crippen LogP contribution in [0.2, 0.25) is 0 Å². The van der Waals surface area contributed by atoms with Crippen LogP contribution >= 0.6 is 11.3 Å². The van der Waals surface area contributed by atoms with E-state index >= 15 is 0 Å². The van der Waals surface area contributed by atoms with E-state index < -0.39 is 11.6 Å². The molecule has 0 aliphatic heterocycles. The zero-order valence-corrected chi connectivity index (χ0v) is 12.8. The van der Waals surface area contributed by atoms with Gasteiger partial charge in [0.15, 0.2) is 0 Å². The molecule has 0 atom stereocenters. The minimum Gasteiger partial charge on any atom is -0.252 e. The largest absolute Gasteiger partial charge is 0.252 e. The molecular formula is C16H13F2N3S. The lowest BCUT2D eigenvalue weighted by molar-refractivity contribution is 0.579. The molecule has 1 N–H and O–H groups in total. The number of aryl methyl sites for hydroxylation is 1. The van der Waals surface area contributed by atoms with Crippen molar-refractivity contribution in [1.29, 1.82) is 0 Å². The Bertz CT molecular complexity index is 851. The lowest BCUT2D eigenvalue weighted by Gasteiger charge is -2.04. The van der Waals surface area contributed by atoms with Gasteiger partial charge in [-0.05, 0) is 37.6 Å². The molecule has 3 nitrogen and oxygen atoms in total. The number of aromatic nitrogens is 1. The summed E-state index contributed by atoms with van der Waals surface area (Å²) in [4.78, 5) is 4.44. The molecule has 1 aromatic heterocycles. The van der Waals surface area contributed by atoms with Gasteiger partial charge in [-0.1, -0.05) is 29.5 Å². The number of fused-ring (bicyclic) bond motifs is 1. The van der Waals surface area contributed by atoms with Crippen LogP contribution in [0.1, 0.15) is 18.1 Å². The van der Waals surface area contributed by atoms with E-state index in [9.17, 15) is 8.78 Å². The summed E-state index contributed by atoms with van der Waals surface area (Å²) in [6.45, 7) is 3.53. The van der Waals surface area contributed by atoms with Gasteiger partial charge in [0.05, 0.1) is 21.5 Å². The van der Waals surface area contributed by atoms with Crippen LogP contribution in [0.25, 0.3) is 10.2 Å². The number of hydrogen-bond donors (Lipinski definition) is 1. The highest BCUT2D eigenvalue weighted by Gasteiger charge is 2.12. The Kier molecular flexibility index (Phi) is 3.85. The number of hydrogen-bond acceptors (Lipinski definition) is 4. The molecule has 0 saturated carbocycles. The Balaban J connectivity index is 1.90. The SMILES string of the molecule is C/C(=N\Nc1nc2c(C)cccc2s1)c1c(F)cccc1F. The van der Waals surface area contributed by atoms with Crippen molar-refractivity contribution in [3.63, 3.8) is 0 Å². The average Bonchev–Trinajstić information content (AvgIpc) is 2.89. The maximum absolute atomic E-state index is 13.7. The van der Waals surface area contributed by atoms with Crippen molar-refractivity contribution >= 4 is 32.4 Å². The number of nitrogens with zero attached hydrogens (tertiary/aromatic N) is 2. The Hall–Kier alpha value is -2.34. The highest BCUT2D eigenvalue weighted by atomic mass is 32.1. The van der Waals surface area contributed by atoms with E-state index in [0.29, 0.717) is 5.13 Å². The maximum atomic E-state index is 13.7. The van der Waals surface area contributed by atoms with Gasteiger partial charge in [0.2, 0.25) is 5.13 Å². The van der Waals surface area contributed by atoms with Crippen LogP contribution in [0.4, 0.5) is 13.9 Å². The van der Waals surface area contributed by atoms with Gasteiger partial charge in [-0.2, -0.15) is 5.10 Å². The summed E-state index contributed by atoms with van der Waals surface area (Å²) in [7, 11) is 0. The van der Waals surface area contributed by atoms with E-state index in [4.69, 9.17) is 0 Å². The van der Waals surface area contributed by atoms with E-state index in [1.165, 1.54) is 29.5 Å². The van der Waals surface area contributed by atoms with Crippen LogP contribution in [0.5, 0.6) is 0 Å². The third-order valence-corrected chi connectivity index (χ3v) is 4.19. The van der Waals surface area contributed by atoms with Gasteiger partial charge in [-0.3, -0.25) is 5.43 Å². The van der Waals surface area contributed by atoms with Crippen LogP contribution in [0, 0.1) is 18.6 Å². The molecule has 22 heavy (non-hydrogen) atoms. The summed E-state index contributed by atoms with van der Waals surface area (Å²) in [5.74, 6) is -1.27. The van der Waals surface area contributed by atoms with Crippen molar-refractivity contribution in [3.8, 4) is 0 Å². The molecular weight excluding hydrogens is 304 g/mol. The summed E-state index contributed by atoms with van der Waals surface area (Å²) in [5, 5.41) is 4.63. The van der Waals surface area contributed by atoms with Crippen molar-refractivity contribution in [2.24, 2.45) is 5.10 Å².